The Hall–Kier alpha value is -2.18. The number of aromatic carboxylic acids is 1. The number of rotatable bonds is 3. The van der Waals surface area contributed by atoms with Crippen LogP contribution < -0.4 is 0 Å². The topological polar surface area (TPSA) is 86.2 Å². The van der Waals surface area contributed by atoms with Crippen LogP contribution in [0, 0.1) is 0 Å². The molecule has 3 N–H and O–H groups in total. The number of aliphatic hydroxyl groups excluding tert-OH is 1. The number of aliphatic hydroxyl groups is 1. The van der Waals surface area contributed by atoms with Gasteiger partial charge in [-0.1, -0.05) is 18.2 Å². The van der Waals surface area contributed by atoms with Gasteiger partial charge in [-0.2, -0.15) is 0 Å². The Morgan fingerprint density at radius 2 is 2.16 bits per heavy atom. The summed E-state index contributed by atoms with van der Waals surface area (Å²) >= 11 is 1.51. The van der Waals surface area contributed by atoms with Crippen LogP contribution in [0.25, 0.3) is 10.1 Å². The van der Waals surface area contributed by atoms with Crippen LogP contribution in [0.4, 0.5) is 0 Å². The molecule has 1 aromatic carbocycles. The molecule has 0 aliphatic heterocycles. The molecule has 19 heavy (non-hydrogen) atoms. The van der Waals surface area contributed by atoms with E-state index in [1.54, 1.807) is 0 Å². The third kappa shape index (κ3) is 1.91. The van der Waals surface area contributed by atoms with Gasteiger partial charge in [0.25, 0.3) is 0 Å². The van der Waals surface area contributed by atoms with Gasteiger partial charge in [0.05, 0.1) is 12.0 Å². The second kappa shape index (κ2) is 4.49. The van der Waals surface area contributed by atoms with Gasteiger partial charge in [0.1, 0.15) is 6.10 Å². The minimum atomic E-state index is -1.16. The molecule has 0 spiro atoms. The molecule has 96 valence electrons. The lowest BCUT2D eigenvalue weighted by atomic mass is 10.0. The van der Waals surface area contributed by atoms with E-state index in [-0.39, 0.29) is 11.4 Å². The first-order valence-corrected chi connectivity index (χ1v) is 6.47. The van der Waals surface area contributed by atoms with Crippen molar-refractivity contribution in [2.24, 2.45) is 0 Å². The molecular formula is C13H10N2O3S. The first kappa shape index (κ1) is 11.9. The van der Waals surface area contributed by atoms with Gasteiger partial charge in [-0.15, -0.1) is 11.3 Å². The number of hydrogen-bond donors (Lipinski definition) is 3. The molecule has 3 aromatic rings. The molecule has 1 unspecified atom stereocenters. The molecule has 0 fully saturated rings. The Bertz CT molecular complexity index is 747. The average molecular weight is 274 g/mol. The zero-order valence-electron chi connectivity index (χ0n) is 9.70. The lowest BCUT2D eigenvalue weighted by Gasteiger charge is -2.08. The van der Waals surface area contributed by atoms with Gasteiger partial charge in [-0.05, 0) is 16.8 Å². The number of imidazole rings is 1. The lowest BCUT2D eigenvalue weighted by Crippen LogP contribution is -2.07. The molecular weight excluding hydrogens is 264 g/mol. The fraction of sp³-hybridized carbons (Fsp3) is 0.0769. The summed E-state index contributed by atoms with van der Waals surface area (Å²) in [5.41, 5.74) is 0.742. The highest BCUT2D eigenvalue weighted by atomic mass is 32.1. The molecule has 6 heteroatoms. The predicted molar refractivity (Wildman–Crippen MR) is 71.4 cm³/mol. The van der Waals surface area contributed by atoms with Crippen LogP contribution in [0.3, 0.4) is 0 Å². The normalized spacial score (nSPS) is 12.7. The van der Waals surface area contributed by atoms with Gasteiger partial charge in [-0.3, -0.25) is 0 Å². The van der Waals surface area contributed by atoms with Gasteiger partial charge in [0.15, 0.2) is 5.69 Å². The van der Waals surface area contributed by atoms with E-state index in [4.69, 9.17) is 5.11 Å². The second-order valence-electron chi connectivity index (χ2n) is 4.06. The summed E-state index contributed by atoms with van der Waals surface area (Å²) in [5, 5.41) is 22.1. The maximum absolute atomic E-state index is 11.0. The van der Waals surface area contributed by atoms with E-state index in [9.17, 15) is 9.90 Å². The Labute approximate surface area is 112 Å². The van der Waals surface area contributed by atoms with Gasteiger partial charge in [0, 0.05) is 10.3 Å². The minimum absolute atomic E-state index is 0.150. The first-order valence-electron chi connectivity index (χ1n) is 5.59. The number of carbonyl (C=O) groups is 1. The van der Waals surface area contributed by atoms with Crippen LogP contribution in [0.5, 0.6) is 0 Å². The number of benzene rings is 1. The molecule has 3 rings (SSSR count). The molecule has 0 aliphatic carbocycles. The largest absolute Gasteiger partial charge is 0.476 e. The number of carboxylic acids is 1. The molecule has 0 aliphatic rings. The van der Waals surface area contributed by atoms with E-state index in [2.05, 4.69) is 9.97 Å². The van der Waals surface area contributed by atoms with Crippen molar-refractivity contribution in [2.75, 3.05) is 0 Å². The third-order valence-corrected chi connectivity index (χ3v) is 3.93. The van der Waals surface area contributed by atoms with Crippen LogP contribution >= 0.6 is 11.3 Å². The molecule has 0 bridgehead atoms. The van der Waals surface area contributed by atoms with Gasteiger partial charge >= 0.3 is 5.97 Å². The van der Waals surface area contributed by atoms with Crippen molar-refractivity contribution >= 4 is 27.4 Å². The summed E-state index contributed by atoms with van der Waals surface area (Å²) in [5.74, 6) is -1.16. The van der Waals surface area contributed by atoms with E-state index in [0.29, 0.717) is 5.56 Å². The zero-order chi connectivity index (χ0) is 13.4. The summed E-state index contributed by atoms with van der Waals surface area (Å²) in [4.78, 5) is 17.4. The number of H-pyrrole nitrogens is 1. The average Bonchev–Trinajstić information content (AvgIpc) is 3.05. The van der Waals surface area contributed by atoms with Crippen LogP contribution in [-0.2, 0) is 0 Å². The van der Waals surface area contributed by atoms with Crippen molar-refractivity contribution in [3.63, 3.8) is 0 Å². The quantitative estimate of drug-likeness (QED) is 0.684. The number of nitrogens with zero attached hydrogens (tertiary/aromatic N) is 1. The first-order chi connectivity index (χ1) is 9.18. The lowest BCUT2D eigenvalue weighted by molar-refractivity contribution is 0.0685. The van der Waals surface area contributed by atoms with Crippen molar-refractivity contribution in [3.05, 3.63) is 52.9 Å². The van der Waals surface area contributed by atoms with E-state index in [1.807, 2.05) is 29.6 Å². The number of carboxylic acid groups (broad SMARTS) is 1. The van der Waals surface area contributed by atoms with E-state index in [0.717, 1.165) is 10.1 Å². The van der Waals surface area contributed by atoms with E-state index in [1.165, 1.54) is 17.7 Å². The molecule has 0 amide bonds. The van der Waals surface area contributed by atoms with Crippen molar-refractivity contribution < 1.29 is 15.0 Å². The van der Waals surface area contributed by atoms with E-state index >= 15 is 0 Å². The maximum Gasteiger partial charge on any atom is 0.356 e. The number of hydrogen-bond acceptors (Lipinski definition) is 4. The number of fused-ring (bicyclic) bond motifs is 1. The van der Waals surface area contributed by atoms with Crippen molar-refractivity contribution in [1.82, 2.24) is 9.97 Å². The predicted octanol–water partition coefficient (Wildman–Crippen LogP) is 2.40. The van der Waals surface area contributed by atoms with Crippen LogP contribution in [0.15, 0.2) is 36.0 Å². The summed E-state index contributed by atoms with van der Waals surface area (Å²) < 4.78 is 1.05. The third-order valence-electron chi connectivity index (χ3n) is 2.95. The summed E-state index contributed by atoms with van der Waals surface area (Å²) in [6.45, 7) is 0. The molecule has 2 heterocycles. The minimum Gasteiger partial charge on any atom is -0.476 e. The van der Waals surface area contributed by atoms with Gasteiger partial charge < -0.3 is 15.2 Å². The molecule has 1 atom stereocenters. The number of thiophene rings is 1. The smallest absolute Gasteiger partial charge is 0.356 e. The molecule has 0 radical (unpaired) electrons. The number of aromatic amines is 1. The zero-order valence-corrected chi connectivity index (χ0v) is 10.5. The summed E-state index contributed by atoms with van der Waals surface area (Å²) in [6, 6.07) is 7.67. The molecule has 0 saturated carbocycles. The van der Waals surface area contributed by atoms with E-state index < -0.39 is 12.1 Å². The Morgan fingerprint density at radius 3 is 2.95 bits per heavy atom. The Morgan fingerprint density at radius 1 is 1.37 bits per heavy atom. The Balaban J connectivity index is 2.11. The van der Waals surface area contributed by atoms with Crippen molar-refractivity contribution in [1.29, 1.82) is 0 Å². The van der Waals surface area contributed by atoms with Gasteiger partial charge in [0.2, 0.25) is 0 Å². The van der Waals surface area contributed by atoms with Gasteiger partial charge in [-0.25, -0.2) is 9.78 Å². The Kier molecular flexibility index (Phi) is 2.81. The fourth-order valence-corrected chi connectivity index (χ4v) is 3.03. The number of nitrogens with one attached hydrogen (secondary N) is 1. The monoisotopic (exact) mass is 274 g/mol. The highest BCUT2D eigenvalue weighted by Crippen LogP contribution is 2.33. The highest BCUT2D eigenvalue weighted by molar-refractivity contribution is 7.17. The van der Waals surface area contributed by atoms with Crippen LogP contribution in [0.1, 0.15) is 27.8 Å². The number of aromatic nitrogens is 2. The maximum atomic E-state index is 11.0. The van der Waals surface area contributed by atoms with Crippen LogP contribution in [-0.4, -0.2) is 26.2 Å². The fourth-order valence-electron chi connectivity index (χ4n) is 2.05. The molecule has 0 saturated heterocycles. The van der Waals surface area contributed by atoms with Crippen LogP contribution in [0.2, 0.25) is 0 Å². The summed E-state index contributed by atoms with van der Waals surface area (Å²) in [6.07, 6.45) is 0.251. The van der Waals surface area contributed by atoms with Crippen molar-refractivity contribution in [3.8, 4) is 0 Å². The second-order valence-corrected chi connectivity index (χ2v) is 4.97. The SMILES string of the molecule is O=C(O)c1nc[nH]c1C(O)c1csc2ccccc12. The molecule has 2 aromatic heterocycles. The van der Waals surface area contributed by atoms with Crippen molar-refractivity contribution in [2.45, 2.75) is 6.10 Å². The standard InChI is InChI=1S/C13H10N2O3S/c16-12(10-11(13(17)18)15-6-14-10)8-5-19-9-4-2-1-3-7(8)9/h1-6,12,16H,(H,14,15)(H,17,18). The highest BCUT2D eigenvalue weighted by Gasteiger charge is 2.23. The summed E-state index contributed by atoms with van der Waals surface area (Å²) in [7, 11) is 0. The molecule has 5 nitrogen and oxygen atoms in total.